The third kappa shape index (κ3) is 1.79. The maximum atomic E-state index is 5.66. The molecule has 0 aliphatic carbocycles. The molecule has 1 aromatic heterocycles. The molecule has 0 radical (unpaired) electrons. The number of nitrogens with two attached hydrogens (primary N) is 2. The summed E-state index contributed by atoms with van der Waals surface area (Å²) < 4.78 is 0.607. The standard InChI is InChI=1S/C5H6BrClN4/c6-3-2(1-8)10-5(9)11-4(3)7/h1,8H2,(H2,9,10,11). The van der Waals surface area contributed by atoms with Crippen molar-refractivity contribution in [1.82, 2.24) is 9.97 Å². The van der Waals surface area contributed by atoms with Gasteiger partial charge >= 0.3 is 0 Å². The van der Waals surface area contributed by atoms with Crippen LogP contribution in [-0.2, 0) is 6.54 Å². The van der Waals surface area contributed by atoms with E-state index in [1.54, 1.807) is 0 Å². The SMILES string of the molecule is NCc1nc(N)nc(Cl)c1Br. The molecular formula is C5H6BrClN4. The minimum atomic E-state index is 0.138. The zero-order valence-corrected chi connectivity index (χ0v) is 7.85. The van der Waals surface area contributed by atoms with Crippen molar-refractivity contribution in [3.8, 4) is 0 Å². The highest BCUT2D eigenvalue weighted by Crippen LogP contribution is 2.23. The summed E-state index contributed by atoms with van der Waals surface area (Å²) in [5.41, 5.74) is 11.3. The third-order valence-electron chi connectivity index (χ3n) is 1.09. The molecule has 60 valence electrons. The first-order valence-corrected chi connectivity index (χ1v) is 3.99. The minimum absolute atomic E-state index is 0.138. The van der Waals surface area contributed by atoms with Crippen LogP contribution in [0.15, 0.2) is 4.47 Å². The molecular weight excluding hydrogens is 231 g/mol. The molecule has 6 heteroatoms. The summed E-state index contributed by atoms with van der Waals surface area (Å²) in [5, 5.41) is 0.290. The van der Waals surface area contributed by atoms with Crippen molar-refractivity contribution in [3.63, 3.8) is 0 Å². The molecule has 1 heterocycles. The molecule has 0 aliphatic heterocycles. The van der Waals surface area contributed by atoms with Crippen LogP contribution in [-0.4, -0.2) is 9.97 Å². The molecule has 0 saturated carbocycles. The van der Waals surface area contributed by atoms with Crippen LogP contribution in [0.25, 0.3) is 0 Å². The Morgan fingerprint density at radius 3 is 2.64 bits per heavy atom. The molecule has 0 bridgehead atoms. The van der Waals surface area contributed by atoms with Gasteiger partial charge in [0.2, 0.25) is 5.95 Å². The second kappa shape index (κ2) is 3.34. The van der Waals surface area contributed by atoms with Crippen molar-refractivity contribution in [2.75, 3.05) is 5.73 Å². The van der Waals surface area contributed by atoms with Crippen molar-refractivity contribution in [1.29, 1.82) is 0 Å². The first kappa shape index (κ1) is 8.70. The number of halogens is 2. The molecule has 4 N–H and O–H groups in total. The van der Waals surface area contributed by atoms with Crippen LogP contribution in [0.4, 0.5) is 5.95 Å². The normalized spacial score (nSPS) is 10.1. The fourth-order valence-electron chi connectivity index (χ4n) is 0.616. The first-order valence-electron chi connectivity index (χ1n) is 2.82. The van der Waals surface area contributed by atoms with Gasteiger partial charge in [0.25, 0.3) is 0 Å². The molecule has 1 rings (SSSR count). The Morgan fingerprint density at radius 1 is 1.45 bits per heavy atom. The van der Waals surface area contributed by atoms with Gasteiger partial charge in [-0.1, -0.05) is 11.6 Å². The van der Waals surface area contributed by atoms with Gasteiger partial charge in [-0.05, 0) is 15.9 Å². The van der Waals surface area contributed by atoms with E-state index in [0.717, 1.165) is 0 Å². The van der Waals surface area contributed by atoms with Crippen LogP contribution in [0.3, 0.4) is 0 Å². The van der Waals surface area contributed by atoms with Gasteiger partial charge in [0.1, 0.15) is 5.15 Å². The lowest BCUT2D eigenvalue weighted by Gasteiger charge is -2.01. The third-order valence-corrected chi connectivity index (χ3v) is 2.43. The topological polar surface area (TPSA) is 77.8 Å². The zero-order chi connectivity index (χ0) is 8.43. The van der Waals surface area contributed by atoms with Gasteiger partial charge in [-0.2, -0.15) is 0 Å². The van der Waals surface area contributed by atoms with Gasteiger partial charge in [0, 0.05) is 6.54 Å². The van der Waals surface area contributed by atoms with Crippen molar-refractivity contribution in [2.24, 2.45) is 5.73 Å². The predicted octanol–water partition coefficient (Wildman–Crippen LogP) is 0.933. The molecule has 0 saturated heterocycles. The van der Waals surface area contributed by atoms with E-state index in [-0.39, 0.29) is 17.6 Å². The molecule has 0 fully saturated rings. The van der Waals surface area contributed by atoms with E-state index in [0.29, 0.717) is 10.2 Å². The number of aromatic nitrogens is 2. The summed E-state index contributed by atoms with van der Waals surface area (Å²) in [4.78, 5) is 7.57. The number of anilines is 1. The lowest BCUT2D eigenvalue weighted by molar-refractivity contribution is 0.960. The van der Waals surface area contributed by atoms with Crippen molar-refractivity contribution >= 4 is 33.5 Å². The van der Waals surface area contributed by atoms with Crippen molar-refractivity contribution < 1.29 is 0 Å². The minimum Gasteiger partial charge on any atom is -0.368 e. The molecule has 1 aromatic rings. The highest BCUT2D eigenvalue weighted by molar-refractivity contribution is 9.10. The Labute approximate surface area is 77.1 Å². The molecule has 0 amide bonds. The fraction of sp³-hybridized carbons (Fsp3) is 0.200. The van der Waals surface area contributed by atoms with Crippen molar-refractivity contribution in [2.45, 2.75) is 6.54 Å². The van der Waals surface area contributed by atoms with E-state index in [1.807, 2.05) is 0 Å². The summed E-state index contributed by atoms with van der Waals surface area (Å²) in [7, 11) is 0. The lowest BCUT2D eigenvalue weighted by Crippen LogP contribution is -2.05. The summed E-state index contributed by atoms with van der Waals surface area (Å²) >= 11 is 8.85. The maximum absolute atomic E-state index is 5.66. The van der Waals surface area contributed by atoms with Crippen LogP contribution in [0.2, 0.25) is 5.15 Å². The Kier molecular flexibility index (Phi) is 2.64. The van der Waals surface area contributed by atoms with E-state index >= 15 is 0 Å². The average molecular weight is 237 g/mol. The van der Waals surface area contributed by atoms with Gasteiger partial charge < -0.3 is 11.5 Å². The first-order chi connectivity index (χ1) is 5.15. The summed E-state index contributed by atoms with van der Waals surface area (Å²) in [6, 6.07) is 0. The predicted molar refractivity (Wildman–Crippen MR) is 47.0 cm³/mol. The van der Waals surface area contributed by atoms with Crippen molar-refractivity contribution in [3.05, 3.63) is 15.3 Å². The molecule has 0 aromatic carbocycles. The fourth-order valence-corrected chi connectivity index (χ4v) is 1.15. The number of nitrogens with zero attached hydrogens (tertiary/aromatic N) is 2. The van der Waals surface area contributed by atoms with E-state index in [9.17, 15) is 0 Å². The number of nitrogen functional groups attached to an aromatic ring is 1. The second-order valence-electron chi connectivity index (χ2n) is 1.84. The number of rotatable bonds is 1. The summed E-state index contributed by atoms with van der Waals surface area (Å²) in [6.07, 6.45) is 0. The highest BCUT2D eigenvalue weighted by atomic mass is 79.9. The van der Waals surface area contributed by atoms with Gasteiger partial charge in [0.05, 0.1) is 10.2 Å². The average Bonchev–Trinajstić information content (AvgIpc) is 1.96. The molecule has 0 unspecified atom stereocenters. The van der Waals surface area contributed by atoms with Gasteiger partial charge in [-0.3, -0.25) is 0 Å². The van der Waals surface area contributed by atoms with Crippen LogP contribution in [0, 0.1) is 0 Å². The largest absolute Gasteiger partial charge is 0.368 e. The van der Waals surface area contributed by atoms with E-state index < -0.39 is 0 Å². The smallest absolute Gasteiger partial charge is 0.221 e. The summed E-state index contributed by atoms with van der Waals surface area (Å²) in [5.74, 6) is 0.138. The molecule has 4 nitrogen and oxygen atoms in total. The molecule has 0 aliphatic rings. The lowest BCUT2D eigenvalue weighted by atomic mass is 10.4. The van der Waals surface area contributed by atoms with E-state index in [2.05, 4.69) is 25.9 Å². The van der Waals surface area contributed by atoms with Crippen LogP contribution >= 0.6 is 27.5 Å². The molecule has 0 atom stereocenters. The van der Waals surface area contributed by atoms with Gasteiger partial charge in [0.15, 0.2) is 0 Å². The Bertz CT molecular complexity index is 277. The maximum Gasteiger partial charge on any atom is 0.221 e. The quantitative estimate of drug-likeness (QED) is 0.713. The number of hydrogen-bond donors (Lipinski definition) is 2. The van der Waals surface area contributed by atoms with E-state index in [4.69, 9.17) is 23.1 Å². The number of hydrogen-bond acceptors (Lipinski definition) is 4. The van der Waals surface area contributed by atoms with Crippen LogP contribution in [0.1, 0.15) is 5.69 Å². The van der Waals surface area contributed by atoms with Crippen LogP contribution in [0.5, 0.6) is 0 Å². The molecule has 0 spiro atoms. The van der Waals surface area contributed by atoms with E-state index in [1.165, 1.54) is 0 Å². The molecule has 11 heavy (non-hydrogen) atoms. The monoisotopic (exact) mass is 236 g/mol. The van der Waals surface area contributed by atoms with Crippen LogP contribution < -0.4 is 11.5 Å². The Hall–Kier alpha value is -0.390. The van der Waals surface area contributed by atoms with Gasteiger partial charge in [-0.15, -0.1) is 0 Å². The summed E-state index contributed by atoms with van der Waals surface area (Å²) in [6.45, 7) is 0.285. The second-order valence-corrected chi connectivity index (χ2v) is 2.99. The van der Waals surface area contributed by atoms with Gasteiger partial charge in [-0.25, -0.2) is 9.97 Å². The Balaban J connectivity index is 3.24. The zero-order valence-electron chi connectivity index (χ0n) is 5.51. The Morgan fingerprint density at radius 2 is 2.09 bits per heavy atom. The highest BCUT2D eigenvalue weighted by Gasteiger charge is 2.06.